The van der Waals surface area contributed by atoms with Gasteiger partial charge in [0.15, 0.2) is 0 Å². The molecule has 0 atom stereocenters. The summed E-state index contributed by atoms with van der Waals surface area (Å²) in [7, 11) is 0. The zero-order chi connectivity index (χ0) is 9.47. The summed E-state index contributed by atoms with van der Waals surface area (Å²) in [6.07, 6.45) is -3.08. The Hall–Kier alpha value is -1.45. The van der Waals surface area contributed by atoms with E-state index in [2.05, 4.69) is 6.07 Å². The standard InChI is InChI=1S/C9H4F3O/c10-9(11,12)7-2-1-6-3-4-13-8(6)5-7/h1-2,4-5H. The van der Waals surface area contributed by atoms with Crippen LogP contribution in [0.1, 0.15) is 5.56 Å². The van der Waals surface area contributed by atoms with Gasteiger partial charge in [0.2, 0.25) is 0 Å². The molecule has 2 aromatic rings. The predicted octanol–water partition coefficient (Wildman–Crippen LogP) is 3.25. The van der Waals surface area contributed by atoms with E-state index >= 15 is 0 Å². The number of alkyl halides is 3. The van der Waals surface area contributed by atoms with Crippen LogP contribution < -0.4 is 0 Å². The minimum atomic E-state index is -4.32. The molecular weight excluding hydrogens is 181 g/mol. The van der Waals surface area contributed by atoms with Crippen LogP contribution in [0.4, 0.5) is 13.2 Å². The van der Waals surface area contributed by atoms with E-state index in [1.165, 1.54) is 12.3 Å². The molecule has 0 N–H and O–H groups in total. The van der Waals surface area contributed by atoms with Gasteiger partial charge in [-0.2, -0.15) is 13.2 Å². The summed E-state index contributed by atoms with van der Waals surface area (Å²) in [6.45, 7) is 0. The fourth-order valence-electron chi connectivity index (χ4n) is 1.07. The maximum atomic E-state index is 12.2. The number of benzene rings is 1. The largest absolute Gasteiger partial charge is 0.464 e. The second-order valence-corrected chi connectivity index (χ2v) is 2.59. The summed E-state index contributed by atoms with van der Waals surface area (Å²) >= 11 is 0. The maximum absolute atomic E-state index is 12.2. The maximum Gasteiger partial charge on any atom is 0.416 e. The van der Waals surface area contributed by atoms with Crippen LogP contribution in [0.3, 0.4) is 0 Å². The average molecular weight is 185 g/mol. The first-order chi connectivity index (χ1) is 6.07. The Morgan fingerprint density at radius 1 is 1.23 bits per heavy atom. The van der Waals surface area contributed by atoms with E-state index in [9.17, 15) is 13.2 Å². The van der Waals surface area contributed by atoms with E-state index in [-0.39, 0.29) is 5.58 Å². The molecule has 0 bridgehead atoms. The number of hydrogen-bond donors (Lipinski definition) is 0. The second kappa shape index (κ2) is 2.52. The van der Waals surface area contributed by atoms with Crippen LogP contribution in [0.25, 0.3) is 11.0 Å². The number of rotatable bonds is 0. The zero-order valence-corrected chi connectivity index (χ0v) is 6.35. The van der Waals surface area contributed by atoms with Gasteiger partial charge in [0.05, 0.1) is 11.8 Å². The molecule has 0 aliphatic rings. The van der Waals surface area contributed by atoms with Crippen molar-refractivity contribution in [1.29, 1.82) is 0 Å². The smallest absolute Gasteiger partial charge is 0.416 e. The SMILES string of the molecule is FC(F)(F)c1ccc2[c]coc2c1. The summed E-state index contributed by atoms with van der Waals surface area (Å²) in [5.74, 6) is 0. The molecule has 1 heterocycles. The third-order valence-corrected chi connectivity index (χ3v) is 1.71. The molecule has 0 amide bonds. The Morgan fingerprint density at radius 2 is 2.00 bits per heavy atom. The summed E-state index contributed by atoms with van der Waals surface area (Å²) in [5, 5.41) is 0.549. The van der Waals surface area contributed by atoms with Gasteiger partial charge in [0, 0.05) is 11.5 Å². The molecule has 2 rings (SSSR count). The zero-order valence-electron chi connectivity index (χ0n) is 6.35. The van der Waals surface area contributed by atoms with E-state index in [0.29, 0.717) is 5.39 Å². The molecule has 0 fully saturated rings. The third kappa shape index (κ3) is 1.39. The number of hydrogen-bond acceptors (Lipinski definition) is 1. The van der Waals surface area contributed by atoms with E-state index in [1.54, 1.807) is 0 Å². The Morgan fingerprint density at radius 3 is 2.69 bits per heavy atom. The summed E-state index contributed by atoms with van der Waals surface area (Å²) in [4.78, 5) is 0. The van der Waals surface area contributed by atoms with Crippen molar-refractivity contribution in [1.82, 2.24) is 0 Å². The van der Waals surface area contributed by atoms with Crippen LogP contribution in [0, 0.1) is 6.07 Å². The lowest BCUT2D eigenvalue weighted by Gasteiger charge is -2.04. The van der Waals surface area contributed by atoms with Crippen molar-refractivity contribution in [2.24, 2.45) is 0 Å². The van der Waals surface area contributed by atoms with Gasteiger partial charge in [-0.15, -0.1) is 0 Å². The van der Waals surface area contributed by atoms with Crippen molar-refractivity contribution in [3.63, 3.8) is 0 Å². The van der Waals surface area contributed by atoms with Crippen LogP contribution in [0.2, 0.25) is 0 Å². The van der Waals surface area contributed by atoms with Crippen molar-refractivity contribution >= 4 is 11.0 Å². The van der Waals surface area contributed by atoms with Gasteiger partial charge >= 0.3 is 6.18 Å². The number of fused-ring (bicyclic) bond motifs is 1. The fraction of sp³-hybridized carbons (Fsp3) is 0.111. The Kier molecular flexibility index (Phi) is 1.58. The molecule has 0 aliphatic carbocycles. The van der Waals surface area contributed by atoms with Gasteiger partial charge in [0.1, 0.15) is 5.58 Å². The van der Waals surface area contributed by atoms with Crippen LogP contribution in [-0.2, 0) is 6.18 Å². The minimum absolute atomic E-state index is 0.204. The lowest BCUT2D eigenvalue weighted by Crippen LogP contribution is -2.03. The monoisotopic (exact) mass is 185 g/mol. The van der Waals surface area contributed by atoms with Crippen LogP contribution in [0.5, 0.6) is 0 Å². The molecule has 1 radical (unpaired) electrons. The topological polar surface area (TPSA) is 13.1 Å². The number of halogens is 3. The minimum Gasteiger partial charge on any atom is -0.464 e. The Balaban J connectivity index is 2.61. The van der Waals surface area contributed by atoms with E-state index in [4.69, 9.17) is 4.42 Å². The molecule has 0 spiro atoms. The highest BCUT2D eigenvalue weighted by atomic mass is 19.4. The lowest BCUT2D eigenvalue weighted by atomic mass is 10.2. The number of furan rings is 1. The molecule has 67 valence electrons. The molecule has 1 nitrogen and oxygen atoms in total. The van der Waals surface area contributed by atoms with Gasteiger partial charge in [-0.05, 0) is 18.2 Å². The molecule has 0 unspecified atom stereocenters. The molecule has 13 heavy (non-hydrogen) atoms. The van der Waals surface area contributed by atoms with Crippen LogP contribution >= 0.6 is 0 Å². The molecule has 0 saturated heterocycles. The van der Waals surface area contributed by atoms with Gasteiger partial charge in [-0.1, -0.05) is 0 Å². The van der Waals surface area contributed by atoms with Gasteiger partial charge in [-0.25, -0.2) is 0 Å². The molecule has 1 aromatic heterocycles. The van der Waals surface area contributed by atoms with Gasteiger partial charge in [0.25, 0.3) is 0 Å². The lowest BCUT2D eigenvalue weighted by molar-refractivity contribution is -0.137. The highest BCUT2D eigenvalue weighted by molar-refractivity contribution is 5.77. The van der Waals surface area contributed by atoms with Crippen molar-refractivity contribution in [3.05, 3.63) is 36.1 Å². The highest BCUT2D eigenvalue weighted by Gasteiger charge is 2.30. The van der Waals surface area contributed by atoms with E-state index in [1.807, 2.05) is 0 Å². The van der Waals surface area contributed by atoms with Crippen LogP contribution in [-0.4, -0.2) is 0 Å². The second-order valence-electron chi connectivity index (χ2n) is 2.59. The van der Waals surface area contributed by atoms with Crippen LogP contribution in [0.15, 0.2) is 28.9 Å². The molecular formula is C9H4F3O. The average Bonchev–Trinajstić information content (AvgIpc) is 2.47. The molecule has 0 saturated carbocycles. The van der Waals surface area contributed by atoms with Crippen molar-refractivity contribution in [3.8, 4) is 0 Å². The molecule has 4 heteroatoms. The predicted molar refractivity (Wildman–Crippen MR) is 40.1 cm³/mol. The molecule has 1 aromatic carbocycles. The Bertz CT molecular complexity index is 428. The highest BCUT2D eigenvalue weighted by Crippen LogP contribution is 2.31. The first kappa shape index (κ1) is 8.16. The van der Waals surface area contributed by atoms with Crippen molar-refractivity contribution in [2.45, 2.75) is 6.18 Å². The van der Waals surface area contributed by atoms with E-state index in [0.717, 1.165) is 12.1 Å². The van der Waals surface area contributed by atoms with Crippen molar-refractivity contribution in [2.75, 3.05) is 0 Å². The normalized spacial score (nSPS) is 12.2. The fourth-order valence-corrected chi connectivity index (χ4v) is 1.07. The molecule has 0 aliphatic heterocycles. The first-order valence-corrected chi connectivity index (χ1v) is 3.53. The van der Waals surface area contributed by atoms with Gasteiger partial charge in [-0.3, -0.25) is 0 Å². The third-order valence-electron chi connectivity index (χ3n) is 1.71. The summed E-state index contributed by atoms with van der Waals surface area (Å²) < 4.78 is 41.3. The van der Waals surface area contributed by atoms with Gasteiger partial charge < -0.3 is 4.42 Å². The summed E-state index contributed by atoms with van der Waals surface area (Å²) in [5.41, 5.74) is -0.502. The summed E-state index contributed by atoms with van der Waals surface area (Å²) in [6, 6.07) is 5.97. The Labute approximate surface area is 71.8 Å². The van der Waals surface area contributed by atoms with E-state index < -0.39 is 11.7 Å². The quantitative estimate of drug-likeness (QED) is 0.614. The van der Waals surface area contributed by atoms with Crippen molar-refractivity contribution < 1.29 is 17.6 Å². The first-order valence-electron chi connectivity index (χ1n) is 3.53.